The molecule has 0 radical (unpaired) electrons. The summed E-state index contributed by atoms with van der Waals surface area (Å²) < 4.78 is 5.36. The third-order valence-electron chi connectivity index (χ3n) is 3.00. The summed E-state index contributed by atoms with van der Waals surface area (Å²) in [6, 6.07) is 7.26. The number of hydrogen-bond acceptors (Lipinski definition) is 4. The Morgan fingerprint density at radius 1 is 1.42 bits per heavy atom. The van der Waals surface area contributed by atoms with Crippen LogP contribution in [0, 0.1) is 5.92 Å². The van der Waals surface area contributed by atoms with Crippen molar-refractivity contribution in [1.29, 1.82) is 0 Å². The number of nitrogens with one attached hydrogen (secondary N) is 1. The van der Waals surface area contributed by atoms with Crippen LogP contribution in [0.15, 0.2) is 28.7 Å². The van der Waals surface area contributed by atoms with Crippen molar-refractivity contribution in [2.24, 2.45) is 5.92 Å². The standard InChI is InChI=1S/C14H17NO4/c1-9(8-16)6-15-7-11-10-4-2-3-5-12(10)19-13(11)14(17)18/h2-5,9,15-16H,6-8H2,1H3,(H,17,18). The lowest BCUT2D eigenvalue weighted by atomic mass is 10.1. The van der Waals surface area contributed by atoms with Gasteiger partial charge in [0, 0.05) is 30.6 Å². The number of aromatic carboxylic acids is 1. The molecular weight excluding hydrogens is 246 g/mol. The number of benzene rings is 1. The van der Waals surface area contributed by atoms with Gasteiger partial charge in [-0.2, -0.15) is 0 Å². The molecular formula is C14H17NO4. The third kappa shape index (κ3) is 2.94. The zero-order valence-corrected chi connectivity index (χ0v) is 10.7. The van der Waals surface area contributed by atoms with Crippen LogP contribution in [0.3, 0.4) is 0 Å². The molecule has 1 heterocycles. The van der Waals surface area contributed by atoms with Crippen molar-refractivity contribution in [2.75, 3.05) is 13.2 Å². The highest BCUT2D eigenvalue weighted by atomic mass is 16.4. The number of fused-ring (bicyclic) bond motifs is 1. The van der Waals surface area contributed by atoms with E-state index in [9.17, 15) is 4.79 Å². The molecule has 0 aliphatic carbocycles. The van der Waals surface area contributed by atoms with Gasteiger partial charge in [-0.1, -0.05) is 25.1 Å². The first-order valence-corrected chi connectivity index (χ1v) is 6.18. The van der Waals surface area contributed by atoms with Crippen LogP contribution in [-0.2, 0) is 6.54 Å². The van der Waals surface area contributed by atoms with Crippen molar-refractivity contribution < 1.29 is 19.4 Å². The number of rotatable bonds is 6. The molecule has 0 aliphatic rings. The molecule has 2 rings (SSSR count). The highest BCUT2D eigenvalue weighted by Crippen LogP contribution is 2.25. The lowest BCUT2D eigenvalue weighted by Gasteiger charge is -2.09. The molecule has 0 aliphatic heterocycles. The van der Waals surface area contributed by atoms with Crippen LogP contribution in [0.25, 0.3) is 11.0 Å². The highest BCUT2D eigenvalue weighted by molar-refractivity contribution is 5.95. The maximum absolute atomic E-state index is 11.2. The van der Waals surface area contributed by atoms with Gasteiger partial charge in [-0.05, 0) is 12.0 Å². The van der Waals surface area contributed by atoms with E-state index >= 15 is 0 Å². The molecule has 5 heteroatoms. The van der Waals surface area contributed by atoms with E-state index in [1.54, 1.807) is 6.07 Å². The molecule has 2 aromatic rings. The molecule has 5 nitrogen and oxygen atoms in total. The summed E-state index contributed by atoms with van der Waals surface area (Å²) in [5, 5.41) is 22.1. The Bertz CT molecular complexity index is 576. The Morgan fingerprint density at radius 3 is 2.84 bits per heavy atom. The molecule has 0 saturated heterocycles. The molecule has 3 N–H and O–H groups in total. The average molecular weight is 263 g/mol. The van der Waals surface area contributed by atoms with Gasteiger partial charge in [-0.3, -0.25) is 0 Å². The Kier molecular flexibility index (Phi) is 4.19. The minimum absolute atomic E-state index is 0.0228. The van der Waals surface area contributed by atoms with Gasteiger partial charge in [0.15, 0.2) is 0 Å². The van der Waals surface area contributed by atoms with Crippen LogP contribution < -0.4 is 5.32 Å². The number of carboxylic acids is 1. The largest absolute Gasteiger partial charge is 0.475 e. The average Bonchev–Trinajstić information content (AvgIpc) is 2.78. The van der Waals surface area contributed by atoms with Crippen molar-refractivity contribution in [3.8, 4) is 0 Å². The Hall–Kier alpha value is -1.85. The van der Waals surface area contributed by atoms with Crippen molar-refractivity contribution >= 4 is 16.9 Å². The molecule has 0 spiro atoms. The second-order valence-electron chi connectivity index (χ2n) is 4.63. The molecule has 0 amide bonds. The van der Waals surface area contributed by atoms with Crippen LogP contribution in [0.4, 0.5) is 0 Å². The number of aliphatic hydroxyl groups is 1. The van der Waals surface area contributed by atoms with Crippen LogP contribution in [0.2, 0.25) is 0 Å². The summed E-state index contributed by atoms with van der Waals surface area (Å²) in [5.74, 6) is -0.958. The van der Waals surface area contributed by atoms with E-state index in [4.69, 9.17) is 14.6 Å². The number of carbonyl (C=O) groups is 1. The zero-order valence-electron chi connectivity index (χ0n) is 10.7. The molecule has 19 heavy (non-hydrogen) atoms. The number of para-hydroxylation sites is 1. The van der Waals surface area contributed by atoms with Crippen LogP contribution in [-0.4, -0.2) is 29.3 Å². The fourth-order valence-electron chi connectivity index (χ4n) is 1.96. The monoisotopic (exact) mass is 263 g/mol. The van der Waals surface area contributed by atoms with E-state index in [1.165, 1.54) is 0 Å². The summed E-state index contributed by atoms with van der Waals surface area (Å²) in [6.07, 6.45) is 0. The zero-order chi connectivity index (χ0) is 13.8. The number of carboxylic acid groups (broad SMARTS) is 1. The summed E-state index contributed by atoms with van der Waals surface area (Å²) >= 11 is 0. The quantitative estimate of drug-likeness (QED) is 0.741. The first-order valence-electron chi connectivity index (χ1n) is 6.18. The maximum Gasteiger partial charge on any atom is 0.372 e. The Balaban J connectivity index is 2.24. The van der Waals surface area contributed by atoms with Crippen molar-refractivity contribution in [1.82, 2.24) is 5.32 Å². The summed E-state index contributed by atoms with van der Waals surface area (Å²) in [7, 11) is 0. The Morgan fingerprint density at radius 2 is 2.16 bits per heavy atom. The van der Waals surface area contributed by atoms with Gasteiger partial charge in [0.2, 0.25) is 5.76 Å². The van der Waals surface area contributed by atoms with Gasteiger partial charge in [0.1, 0.15) is 5.58 Å². The number of hydrogen-bond donors (Lipinski definition) is 3. The van der Waals surface area contributed by atoms with Crippen molar-refractivity contribution in [2.45, 2.75) is 13.5 Å². The topological polar surface area (TPSA) is 82.7 Å². The fraction of sp³-hybridized carbons (Fsp3) is 0.357. The second kappa shape index (κ2) is 5.86. The van der Waals surface area contributed by atoms with Crippen LogP contribution in [0.1, 0.15) is 23.0 Å². The SMILES string of the molecule is CC(CO)CNCc1c(C(=O)O)oc2ccccc12. The number of aliphatic hydroxyl groups excluding tert-OH is 1. The molecule has 0 bridgehead atoms. The van der Waals surface area contributed by atoms with Gasteiger partial charge < -0.3 is 19.9 Å². The van der Waals surface area contributed by atoms with Crippen LogP contribution >= 0.6 is 0 Å². The third-order valence-corrected chi connectivity index (χ3v) is 3.00. The van der Waals surface area contributed by atoms with Gasteiger partial charge in [0.25, 0.3) is 0 Å². The molecule has 102 valence electrons. The van der Waals surface area contributed by atoms with E-state index in [-0.39, 0.29) is 18.3 Å². The summed E-state index contributed by atoms with van der Waals surface area (Å²) in [4.78, 5) is 11.2. The van der Waals surface area contributed by atoms with Gasteiger partial charge in [-0.15, -0.1) is 0 Å². The first-order chi connectivity index (χ1) is 9.13. The summed E-state index contributed by atoms with van der Waals surface area (Å²) in [5.41, 5.74) is 1.22. The van der Waals surface area contributed by atoms with E-state index in [0.717, 1.165) is 5.39 Å². The van der Waals surface area contributed by atoms with E-state index < -0.39 is 5.97 Å². The van der Waals surface area contributed by atoms with E-state index in [1.807, 2.05) is 25.1 Å². The molecule has 0 saturated carbocycles. The Labute approximate surface area is 110 Å². The lowest BCUT2D eigenvalue weighted by Crippen LogP contribution is -2.23. The van der Waals surface area contributed by atoms with E-state index in [0.29, 0.717) is 24.2 Å². The van der Waals surface area contributed by atoms with Crippen molar-refractivity contribution in [3.05, 3.63) is 35.6 Å². The predicted octanol–water partition coefficient (Wildman–Crippen LogP) is 1.85. The summed E-state index contributed by atoms with van der Waals surface area (Å²) in [6.45, 7) is 3.04. The number of furan rings is 1. The van der Waals surface area contributed by atoms with E-state index in [2.05, 4.69) is 5.32 Å². The van der Waals surface area contributed by atoms with Crippen molar-refractivity contribution in [3.63, 3.8) is 0 Å². The fourth-order valence-corrected chi connectivity index (χ4v) is 1.96. The van der Waals surface area contributed by atoms with Gasteiger partial charge >= 0.3 is 5.97 Å². The first kappa shape index (κ1) is 13.6. The minimum atomic E-state index is -1.07. The predicted molar refractivity (Wildman–Crippen MR) is 71.1 cm³/mol. The second-order valence-corrected chi connectivity index (χ2v) is 4.63. The molecule has 1 atom stereocenters. The van der Waals surface area contributed by atoms with Gasteiger partial charge in [0.05, 0.1) is 0 Å². The highest BCUT2D eigenvalue weighted by Gasteiger charge is 2.19. The molecule has 0 fully saturated rings. The molecule has 1 aromatic heterocycles. The lowest BCUT2D eigenvalue weighted by molar-refractivity contribution is 0.0663. The minimum Gasteiger partial charge on any atom is -0.475 e. The smallest absolute Gasteiger partial charge is 0.372 e. The molecule has 1 aromatic carbocycles. The maximum atomic E-state index is 11.2. The van der Waals surface area contributed by atoms with Crippen LogP contribution in [0.5, 0.6) is 0 Å². The van der Waals surface area contributed by atoms with Gasteiger partial charge in [-0.25, -0.2) is 4.79 Å². The molecule has 1 unspecified atom stereocenters. The normalized spacial score (nSPS) is 12.7.